The summed E-state index contributed by atoms with van der Waals surface area (Å²) in [7, 11) is 0. The molecule has 0 aromatic rings. The summed E-state index contributed by atoms with van der Waals surface area (Å²) >= 11 is 5.95. The van der Waals surface area contributed by atoms with Crippen LogP contribution < -0.4 is 5.32 Å². The van der Waals surface area contributed by atoms with Crippen LogP contribution in [0.4, 0.5) is 0 Å². The molecule has 0 bridgehead atoms. The summed E-state index contributed by atoms with van der Waals surface area (Å²) in [6.07, 6.45) is 5.46. The largest absolute Gasteiger partial charge is 0.353 e. The average molecular weight is 260 g/mol. The van der Waals surface area contributed by atoms with Gasteiger partial charge in [0.15, 0.2) is 0 Å². The predicted molar refractivity (Wildman–Crippen MR) is 73.3 cm³/mol. The molecule has 3 unspecified atom stereocenters. The smallest absolute Gasteiger partial charge is 0.223 e. The molecule has 2 nitrogen and oxygen atoms in total. The van der Waals surface area contributed by atoms with Gasteiger partial charge in [0.05, 0.1) is 0 Å². The topological polar surface area (TPSA) is 29.1 Å². The van der Waals surface area contributed by atoms with Gasteiger partial charge in [-0.2, -0.15) is 0 Å². The first-order chi connectivity index (χ1) is 7.83. The fraction of sp³-hybridized carbons (Fsp3) is 0.929. The Kier molecular flexibility index (Phi) is 5.30. The zero-order chi connectivity index (χ0) is 13.1. The molecule has 17 heavy (non-hydrogen) atoms. The summed E-state index contributed by atoms with van der Waals surface area (Å²) in [5, 5.41) is 3.23. The fourth-order valence-electron chi connectivity index (χ4n) is 2.87. The summed E-state index contributed by atoms with van der Waals surface area (Å²) in [6.45, 7) is 8.43. The van der Waals surface area contributed by atoms with E-state index in [1.807, 2.05) is 13.8 Å². The van der Waals surface area contributed by atoms with Crippen LogP contribution in [0.3, 0.4) is 0 Å². The second kappa shape index (κ2) is 6.08. The van der Waals surface area contributed by atoms with E-state index in [0.717, 1.165) is 19.3 Å². The molecule has 1 aliphatic rings. The minimum Gasteiger partial charge on any atom is -0.353 e. The maximum atomic E-state index is 12.3. The van der Waals surface area contributed by atoms with E-state index in [-0.39, 0.29) is 28.7 Å². The summed E-state index contributed by atoms with van der Waals surface area (Å²) in [5.74, 6) is 0.392. The zero-order valence-corrected chi connectivity index (χ0v) is 12.3. The van der Waals surface area contributed by atoms with Gasteiger partial charge in [0.1, 0.15) is 0 Å². The van der Waals surface area contributed by atoms with Crippen LogP contribution >= 0.6 is 11.6 Å². The molecule has 3 heteroatoms. The Balaban J connectivity index is 2.51. The van der Waals surface area contributed by atoms with Gasteiger partial charge in [0.2, 0.25) is 5.91 Å². The highest BCUT2D eigenvalue weighted by Crippen LogP contribution is 2.40. The van der Waals surface area contributed by atoms with E-state index in [2.05, 4.69) is 19.2 Å². The monoisotopic (exact) mass is 259 g/mol. The highest BCUT2D eigenvalue weighted by atomic mass is 35.5. The first-order valence-corrected chi connectivity index (χ1v) is 7.21. The van der Waals surface area contributed by atoms with Crippen molar-refractivity contribution in [1.82, 2.24) is 5.32 Å². The molecule has 1 amide bonds. The highest BCUT2D eigenvalue weighted by molar-refractivity contribution is 6.20. The van der Waals surface area contributed by atoms with E-state index in [1.54, 1.807) is 0 Å². The van der Waals surface area contributed by atoms with Crippen molar-refractivity contribution in [3.05, 3.63) is 0 Å². The van der Waals surface area contributed by atoms with E-state index >= 15 is 0 Å². The lowest BCUT2D eigenvalue weighted by Gasteiger charge is -2.38. The molecule has 0 spiro atoms. The highest BCUT2D eigenvalue weighted by Gasteiger charge is 2.37. The zero-order valence-electron chi connectivity index (χ0n) is 11.6. The summed E-state index contributed by atoms with van der Waals surface area (Å²) < 4.78 is 0. The van der Waals surface area contributed by atoms with Gasteiger partial charge in [-0.3, -0.25) is 4.79 Å². The number of alkyl halides is 1. The molecule has 1 rings (SSSR count). The van der Waals surface area contributed by atoms with Gasteiger partial charge in [-0.1, -0.05) is 26.7 Å². The Morgan fingerprint density at radius 2 is 2.06 bits per heavy atom. The Labute approximate surface area is 110 Å². The van der Waals surface area contributed by atoms with Crippen LogP contribution in [0.2, 0.25) is 0 Å². The summed E-state index contributed by atoms with van der Waals surface area (Å²) in [6, 6.07) is 0.174. The third-order valence-electron chi connectivity index (χ3n) is 3.89. The number of halogens is 1. The molecular formula is C14H26ClNO. The molecule has 1 N–H and O–H groups in total. The van der Waals surface area contributed by atoms with Crippen molar-refractivity contribution in [3.63, 3.8) is 0 Å². The summed E-state index contributed by atoms with van der Waals surface area (Å²) in [5.41, 5.74) is 0.147. The van der Waals surface area contributed by atoms with Gasteiger partial charge in [0.25, 0.3) is 0 Å². The first kappa shape index (κ1) is 14.8. The number of carbonyl (C=O) groups excluding carboxylic acids is 1. The van der Waals surface area contributed by atoms with Gasteiger partial charge in [-0.25, -0.2) is 0 Å². The van der Waals surface area contributed by atoms with Crippen LogP contribution in [0.25, 0.3) is 0 Å². The molecule has 0 aromatic carbocycles. The molecular weight excluding hydrogens is 234 g/mol. The van der Waals surface area contributed by atoms with Crippen molar-refractivity contribution >= 4 is 17.5 Å². The molecule has 3 atom stereocenters. The fourth-order valence-corrected chi connectivity index (χ4v) is 3.14. The second-order valence-electron chi connectivity index (χ2n) is 6.21. The van der Waals surface area contributed by atoms with Crippen LogP contribution in [-0.4, -0.2) is 17.3 Å². The average Bonchev–Trinajstić information content (AvgIpc) is 2.14. The van der Waals surface area contributed by atoms with E-state index < -0.39 is 0 Å². The molecule has 1 aliphatic carbocycles. The Morgan fingerprint density at radius 1 is 1.41 bits per heavy atom. The van der Waals surface area contributed by atoms with E-state index in [0.29, 0.717) is 0 Å². The van der Waals surface area contributed by atoms with Gasteiger partial charge in [-0.15, -0.1) is 11.6 Å². The van der Waals surface area contributed by atoms with Crippen molar-refractivity contribution in [2.24, 2.45) is 11.3 Å². The lowest BCUT2D eigenvalue weighted by atomic mass is 9.68. The van der Waals surface area contributed by atoms with Crippen molar-refractivity contribution in [2.45, 2.75) is 71.2 Å². The molecule has 0 heterocycles. The first-order valence-electron chi connectivity index (χ1n) is 6.77. The van der Waals surface area contributed by atoms with E-state index in [4.69, 9.17) is 11.6 Å². The van der Waals surface area contributed by atoms with Gasteiger partial charge in [-0.05, 0) is 38.5 Å². The number of rotatable bonds is 4. The van der Waals surface area contributed by atoms with E-state index in [9.17, 15) is 4.79 Å². The van der Waals surface area contributed by atoms with Crippen LogP contribution in [0.1, 0.15) is 59.8 Å². The van der Waals surface area contributed by atoms with Crippen molar-refractivity contribution in [2.75, 3.05) is 0 Å². The lowest BCUT2D eigenvalue weighted by molar-refractivity contribution is -0.130. The quantitative estimate of drug-likeness (QED) is 0.766. The molecule has 0 aromatic heterocycles. The third kappa shape index (κ3) is 4.50. The van der Waals surface area contributed by atoms with Gasteiger partial charge < -0.3 is 5.32 Å². The van der Waals surface area contributed by atoms with E-state index in [1.165, 1.54) is 12.8 Å². The minimum atomic E-state index is 0.115. The van der Waals surface area contributed by atoms with Gasteiger partial charge in [0, 0.05) is 17.3 Å². The SMILES string of the molecule is CC(Cl)CC(C)NC(=O)C1CCCCC1(C)C. The number of hydrogen-bond donors (Lipinski definition) is 1. The molecule has 0 radical (unpaired) electrons. The molecule has 1 fully saturated rings. The van der Waals surface area contributed by atoms with Crippen LogP contribution in [0, 0.1) is 11.3 Å². The number of nitrogens with one attached hydrogen (secondary N) is 1. The van der Waals surface area contributed by atoms with Gasteiger partial charge >= 0.3 is 0 Å². The summed E-state index contributed by atoms with van der Waals surface area (Å²) in [4.78, 5) is 12.3. The molecule has 1 saturated carbocycles. The minimum absolute atomic E-state index is 0.115. The number of carbonyl (C=O) groups is 1. The Bertz CT molecular complexity index is 263. The molecule has 0 aliphatic heterocycles. The molecule has 0 saturated heterocycles. The number of hydrogen-bond acceptors (Lipinski definition) is 1. The van der Waals surface area contributed by atoms with Crippen molar-refractivity contribution in [3.8, 4) is 0 Å². The number of amides is 1. The van der Waals surface area contributed by atoms with Crippen molar-refractivity contribution < 1.29 is 4.79 Å². The maximum absolute atomic E-state index is 12.3. The predicted octanol–water partition coefficient (Wildman–Crippen LogP) is 3.72. The second-order valence-corrected chi connectivity index (χ2v) is 6.96. The Hall–Kier alpha value is -0.240. The van der Waals surface area contributed by atoms with Crippen molar-refractivity contribution in [1.29, 1.82) is 0 Å². The standard InChI is InChI=1S/C14H26ClNO/c1-10(15)9-11(2)16-13(17)12-7-5-6-8-14(12,3)4/h10-12H,5-9H2,1-4H3,(H,16,17). The third-order valence-corrected chi connectivity index (χ3v) is 4.07. The van der Waals surface area contributed by atoms with Crippen LogP contribution in [0.15, 0.2) is 0 Å². The van der Waals surface area contributed by atoms with Crippen LogP contribution in [0.5, 0.6) is 0 Å². The van der Waals surface area contributed by atoms with Crippen LogP contribution in [-0.2, 0) is 4.79 Å². The normalized spacial score (nSPS) is 27.2. The maximum Gasteiger partial charge on any atom is 0.223 e. The Morgan fingerprint density at radius 3 is 2.59 bits per heavy atom. The lowest BCUT2D eigenvalue weighted by Crippen LogP contribution is -2.44. The molecule has 100 valence electrons.